The Balaban J connectivity index is 1.85. The first-order valence-corrected chi connectivity index (χ1v) is 10.5. The standard InChI is InChI=1S/C25H23ClF3NO3/c1-15(2)19-6-4-5-7-23(19)33-14-17-12-16(8-11-22(17)32-3)24(31)30-21-10-9-18(26)13-20(21)25(27,28)29/h4-13,15H,14H2,1-3H3,(H,30,31). The third-order valence-corrected chi connectivity index (χ3v) is 5.24. The number of rotatable bonds is 7. The molecule has 3 aromatic rings. The third kappa shape index (κ3) is 5.99. The minimum atomic E-state index is -4.67. The lowest BCUT2D eigenvalue weighted by Gasteiger charge is -2.17. The van der Waals surface area contributed by atoms with Gasteiger partial charge in [-0.05, 0) is 53.9 Å². The highest BCUT2D eigenvalue weighted by Gasteiger charge is 2.34. The molecule has 8 heteroatoms. The number of ether oxygens (including phenoxy) is 2. The summed E-state index contributed by atoms with van der Waals surface area (Å²) >= 11 is 5.71. The quantitative estimate of drug-likeness (QED) is 0.387. The highest BCUT2D eigenvalue weighted by atomic mass is 35.5. The van der Waals surface area contributed by atoms with Gasteiger partial charge < -0.3 is 14.8 Å². The highest BCUT2D eigenvalue weighted by Crippen LogP contribution is 2.37. The molecule has 0 aromatic heterocycles. The van der Waals surface area contributed by atoms with Crippen LogP contribution in [0.15, 0.2) is 60.7 Å². The number of nitrogens with one attached hydrogen (secondary N) is 1. The Morgan fingerprint density at radius 3 is 2.42 bits per heavy atom. The number of methoxy groups -OCH3 is 1. The van der Waals surface area contributed by atoms with Crippen LogP contribution in [0.25, 0.3) is 0 Å². The molecule has 0 aliphatic rings. The van der Waals surface area contributed by atoms with E-state index < -0.39 is 17.6 Å². The molecule has 0 radical (unpaired) electrons. The number of carbonyl (C=O) groups is 1. The van der Waals surface area contributed by atoms with Crippen LogP contribution in [0, 0.1) is 0 Å². The van der Waals surface area contributed by atoms with Crippen LogP contribution in [-0.2, 0) is 12.8 Å². The fraction of sp³-hybridized carbons (Fsp3) is 0.240. The van der Waals surface area contributed by atoms with E-state index in [9.17, 15) is 18.0 Å². The summed E-state index contributed by atoms with van der Waals surface area (Å²) in [7, 11) is 1.49. The van der Waals surface area contributed by atoms with Crippen molar-refractivity contribution in [3.8, 4) is 11.5 Å². The second-order valence-corrected chi connectivity index (χ2v) is 8.09. The average Bonchev–Trinajstić information content (AvgIpc) is 2.78. The first kappa shape index (κ1) is 24.5. The first-order valence-electron chi connectivity index (χ1n) is 10.2. The van der Waals surface area contributed by atoms with Crippen LogP contribution in [0.4, 0.5) is 18.9 Å². The SMILES string of the molecule is COc1ccc(C(=O)Nc2ccc(Cl)cc2C(F)(F)F)cc1COc1ccccc1C(C)C. The van der Waals surface area contributed by atoms with Crippen molar-refractivity contribution in [3.63, 3.8) is 0 Å². The maximum atomic E-state index is 13.4. The van der Waals surface area contributed by atoms with Crippen LogP contribution in [0.2, 0.25) is 5.02 Å². The molecule has 0 aliphatic carbocycles. The molecule has 1 amide bonds. The number of anilines is 1. The number of hydrogen-bond donors (Lipinski definition) is 1. The van der Waals surface area contributed by atoms with E-state index in [1.54, 1.807) is 6.07 Å². The van der Waals surface area contributed by atoms with Crippen molar-refractivity contribution in [2.75, 3.05) is 12.4 Å². The highest BCUT2D eigenvalue weighted by molar-refractivity contribution is 6.30. The van der Waals surface area contributed by atoms with Crippen LogP contribution in [0.5, 0.6) is 11.5 Å². The number of carbonyl (C=O) groups excluding carboxylic acids is 1. The van der Waals surface area contributed by atoms with Crippen LogP contribution in [-0.4, -0.2) is 13.0 Å². The van der Waals surface area contributed by atoms with Gasteiger partial charge in [0.25, 0.3) is 5.91 Å². The third-order valence-electron chi connectivity index (χ3n) is 5.00. The summed E-state index contributed by atoms with van der Waals surface area (Å²) in [6, 6.07) is 15.4. The maximum Gasteiger partial charge on any atom is 0.418 e. The lowest BCUT2D eigenvalue weighted by Crippen LogP contribution is -2.17. The van der Waals surface area contributed by atoms with Crippen molar-refractivity contribution >= 4 is 23.2 Å². The van der Waals surface area contributed by atoms with Gasteiger partial charge in [0.1, 0.15) is 18.1 Å². The van der Waals surface area contributed by atoms with Gasteiger partial charge in [-0.1, -0.05) is 43.6 Å². The summed E-state index contributed by atoms with van der Waals surface area (Å²) in [5, 5.41) is 2.25. The summed E-state index contributed by atoms with van der Waals surface area (Å²) < 4.78 is 51.4. The van der Waals surface area contributed by atoms with E-state index in [1.165, 1.54) is 25.3 Å². The lowest BCUT2D eigenvalue weighted by atomic mass is 10.0. The molecule has 0 aliphatic heterocycles. The van der Waals surface area contributed by atoms with E-state index >= 15 is 0 Å². The van der Waals surface area contributed by atoms with Gasteiger partial charge in [-0.25, -0.2) is 0 Å². The molecule has 0 unspecified atom stereocenters. The lowest BCUT2D eigenvalue weighted by molar-refractivity contribution is -0.136. The van der Waals surface area contributed by atoms with Gasteiger partial charge in [0.2, 0.25) is 0 Å². The zero-order valence-corrected chi connectivity index (χ0v) is 19.1. The normalized spacial score (nSPS) is 11.4. The second kappa shape index (κ2) is 10.2. The van der Waals surface area contributed by atoms with Crippen molar-refractivity contribution in [1.29, 1.82) is 0 Å². The molecule has 0 heterocycles. The predicted molar refractivity (Wildman–Crippen MR) is 122 cm³/mol. The Kier molecular flexibility index (Phi) is 7.53. The minimum Gasteiger partial charge on any atom is -0.496 e. The molecule has 0 atom stereocenters. The zero-order chi connectivity index (χ0) is 24.2. The van der Waals surface area contributed by atoms with Gasteiger partial charge in [0.05, 0.1) is 18.4 Å². The van der Waals surface area contributed by atoms with Gasteiger partial charge in [0, 0.05) is 16.1 Å². The van der Waals surface area contributed by atoms with Gasteiger partial charge in [-0.2, -0.15) is 13.2 Å². The monoisotopic (exact) mass is 477 g/mol. The van der Waals surface area contributed by atoms with E-state index in [1.807, 2.05) is 24.3 Å². The van der Waals surface area contributed by atoms with E-state index in [0.29, 0.717) is 17.1 Å². The van der Waals surface area contributed by atoms with Crippen LogP contribution in [0.3, 0.4) is 0 Å². The molecule has 4 nitrogen and oxygen atoms in total. The van der Waals surface area contributed by atoms with Crippen molar-refractivity contribution in [2.24, 2.45) is 0 Å². The molecule has 0 bridgehead atoms. The Labute approximate surface area is 195 Å². The molecular formula is C25H23ClF3NO3. The molecule has 0 saturated carbocycles. The number of alkyl halides is 3. The van der Waals surface area contributed by atoms with Crippen LogP contribution >= 0.6 is 11.6 Å². The Morgan fingerprint density at radius 1 is 1.03 bits per heavy atom. The van der Waals surface area contributed by atoms with E-state index in [-0.39, 0.29) is 28.8 Å². The Bertz CT molecular complexity index is 1150. The number of amides is 1. The van der Waals surface area contributed by atoms with Crippen LogP contribution < -0.4 is 14.8 Å². The molecule has 0 fully saturated rings. The molecule has 0 spiro atoms. The summed E-state index contributed by atoms with van der Waals surface area (Å²) in [6.45, 7) is 4.22. The van der Waals surface area contributed by atoms with E-state index in [4.69, 9.17) is 21.1 Å². The molecule has 3 rings (SSSR count). The van der Waals surface area contributed by atoms with Crippen LogP contribution in [0.1, 0.15) is 46.8 Å². The molecule has 3 aromatic carbocycles. The molecule has 33 heavy (non-hydrogen) atoms. The van der Waals surface area contributed by atoms with E-state index in [0.717, 1.165) is 17.7 Å². The molecular weight excluding hydrogens is 455 g/mol. The second-order valence-electron chi connectivity index (χ2n) is 7.65. The van der Waals surface area contributed by atoms with Gasteiger partial charge in [0.15, 0.2) is 0 Å². The molecule has 1 N–H and O–H groups in total. The number of benzene rings is 3. The number of para-hydroxylation sites is 1. The predicted octanol–water partition coefficient (Wildman–Crippen LogP) is 7.32. The van der Waals surface area contributed by atoms with Gasteiger partial charge >= 0.3 is 6.18 Å². The maximum absolute atomic E-state index is 13.4. The first-order chi connectivity index (χ1) is 15.6. The average molecular weight is 478 g/mol. The summed E-state index contributed by atoms with van der Waals surface area (Å²) in [4.78, 5) is 12.8. The van der Waals surface area contributed by atoms with Crippen molar-refractivity contribution in [3.05, 3.63) is 87.9 Å². The molecule has 174 valence electrons. The summed E-state index contributed by atoms with van der Waals surface area (Å²) in [5.41, 5.74) is 0.375. The van der Waals surface area contributed by atoms with Crippen molar-refractivity contribution in [2.45, 2.75) is 32.5 Å². The fourth-order valence-electron chi connectivity index (χ4n) is 3.33. The summed E-state index contributed by atoms with van der Waals surface area (Å²) in [6.07, 6.45) is -4.67. The van der Waals surface area contributed by atoms with Gasteiger partial charge in [-0.15, -0.1) is 0 Å². The smallest absolute Gasteiger partial charge is 0.418 e. The zero-order valence-electron chi connectivity index (χ0n) is 18.3. The Morgan fingerprint density at radius 2 is 1.76 bits per heavy atom. The Hall–Kier alpha value is -3.19. The fourth-order valence-corrected chi connectivity index (χ4v) is 3.50. The minimum absolute atomic E-state index is 0.0779. The van der Waals surface area contributed by atoms with Crippen molar-refractivity contribution in [1.82, 2.24) is 0 Å². The van der Waals surface area contributed by atoms with E-state index in [2.05, 4.69) is 19.2 Å². The number of halogens is 4. The largest absolute Gasteiger partial charge is 0.496 e. The summed E-state index contributed by atoms with van der Waals surface area (Å²) in [5.74, 6) is 0.758. The van der Waals surface area contributed by atoms with Gasteiger partial charge in [-0.3, -0.25) is 4.79 Å². The number of hydrogen-bond acceptors (Lipinski definition) is 3. The van der Waals surface area contributed by atoms with Crippen molar-refractivity contribution < 1.29 is 27.4 Å². The molecule has 0 saturated heterocycles. The topological polar surface area (TPSA) is 47.6 Å².